The maximum Gasteiger partial charge on any atom is 0.266 e. The summed E-state index contributed by atoms with van der Waals surface area (Å²) in [7, 11) is 0. The van der Waals surface area contributed by atoms with Crippen molar-refractivity contribution in [1.29, 1.82) is 0 Å². The first-order valence-electron chi connectivity index (χ1n) is 7.28. The number of aromatic amines is 1. The fourth-order valence-corrected chi connectivity index (χ4v) is 2.45. The molecule has 0 bridgehead atoms. The van der Waals surface area contributed by atoms with Crippen molar-refractivity contribution in [2.45, 2.75) is 6.42 Å². The number of fused-ring (bicyclic) bond motifs is 1. The van der Waals surface area contributed by atoms with Crippen LogP contribution in [-0.2, 0) is 9.53 Å². The largest absolute Gasteiger partial charge is 0.493 e. The number of carbonyl (C=O) groups excluding carboxylic acids is 1. The van der Waals surface area contributed by atoms with E-state index in [0.29, 0.717) is 31.9 Å². The number of aromatic hydroxyl groups is 1. The Morgan fingerprint density at radius 2 is 2.09 bits per heavy atom. The van der Waals surface area contributed by atoms with Crippen LogP contribution < -0.4 is 0 Å². The second kappa shape index (κ2) is 6.67. The summed E-state index contributed by atoms with van der Waals surface area (Å²) in [6.45, 7) is 3.75. The van der Waals surface area contributed by atoms with Crippen molar-refractivity contribution in [3.05, 3.63) is 24.3 Å². The molecule has 1 aromatic heterocycles. The second-order valence-electron chi connectivity index (χ2n) is 5.17. The normalized spacial score (nSPS) is 16.5. The van der Waals surface area contributed by atoms with Gasteiger partial charge in [-0.15, -0.1) is 10.2 Å². The lowest BCUT2D eigenvalue weighted by atomic mass is 10.2. The Morgan fingerprint density at radius 3 is 2.91 bits per heavy atom. The van der Waals surface area contributed by atoms with E-state index in [2.05, 4.69) is 20.1 Å². The average Bonchev–Trinajstić information content (AvgIpc) is 2.87. The number of azo groups is 1. The summed E-state index contributed by atoms with van der Waals surface area (Å²) >= 11 is 0. The summed E-state index contributed by atoms with van der Waals surface area (Å²) in [5, 5.41) is 18.2. The Kier molecular flexibility index (Phi) is 4.45. The molecule has 7 nitrogen and oxygen atoms in total. The first kappa shape index (κ1) is 14.7. The van der Waals surface area contributed by atoms with Gasteiger partial charge in [0.25, 0.3) is 5.91 Å². The number of nitrogens with one attached hydrogen (secondary N) is 1. The number of morpholine rings is 1. The van der Waals surface area contributed by atoms with Crippen LogP contribution >= 0.6 is 0 Å². The number of rotatable bonds is 4. The van der Waals surface area contributed by atoms with Crippen LogP contribution in [0.5, 0.6) is 5.88 Å². The minimum absolute atomic E-state index is 0.0778. The standard InChI is InChI=1S/C15H18N4O3/c20-13(5-6-19-7-9-22-10-8-19)17-18-14-11-3-1-2-4-12(11)16-15(14)21/h1-4,16,21H,5-10H2. The third-order valence-electron chi connectivity index (χ3n) is 3.67. The Hall–Kier alpha value is -2.25. The molecule has 22 heavy (non-hydrogen) atoms. The summed E-state index contributed by atoms with van der Waals surface area (Å²) in [5.41, 5.74) is 1.06. The molecule has 1 aromatic carbocycles. The number of benzene rings is 1. The molecule has 2 N–H and O–H groups in total. The molecule has 116 valence electrons. The van der Waals surface area contributed by atoms with E-state index in [1.54, 1.807) is 0 Å². The Bertz CT molecular complexity index is 689. The SMILES string of the molecule is O=C(CCN1CCOCC1)N=Nc1c(O)[nH]c2ccccc12. The Labute approximate surface area is 127 Å². The van der Waals surface area contributed by atoms with Crippen LogP contribution in [0.3, 0.4) is 0 Å². The Balaban J connectivity index is 1.62. The van der Waals surface area contributed by atoms with E-state index < -0.39 is 0 Å². The van der Waals surface area contributed by atoms with Gasteiger partial charge >= 0.3 is 0 Å². The number of para-hydroxylation sites is 1. The summed E-state index contributed by atoms with van der Waals surface area (Å²) in [6.07, 6.45) is 0.312. The Morgan fingerprint density at radius 1 is 1.32 bits per heavy atom. The highest BCUT2D eigenvalue weighted by Gasteiger charge is 2.13. The summed E-state index contributed by atoms with van der Waals surface area (Å²) in [6, 6.07) is 7.34. The molecule has 3 rings (SSSR count). The van der Waals surface area contributed by atoms with E-state index in [1.807, 2.05) is 24.3 Å². The number of hydrogen-bond acceptors (Lipinski definition) is 5. The fraction of sp³-hybridized carbons (Fsp3) is 0.400. The van der Waals surface area contributed by atoms with Gasteiger partial charge in [0.1, 0.15) is 0 Å². The summed E-state index contributed by atoms with van der Waals surface area (Å²) in [5.74, 6) is -0.373. The molecule has 0 unspecified atom stereocenters. The fourth-order valence-electron chi connectivity index (χ4n) is 2.45. The van der Waals surface area contributed by atoms with Gasteiger partial charge in [0.2, 0.25) is 5.88 Å². The second-order valence-corrected chi connectivity index (χ2v) is 5.17. The van der Waals surface area contributed by atoms with Crippen LogP contribution in [0.4, 0.5) is 5.69 Å². The maximum atomic E-state index is 11.8. The minimum atomic E-state index is -0.295. The van der Waals surface area contributed by atoms with E-state index >= 15 is 0 Å². The number of nitrogens with zero attached hydrogens (tertiary/aromatic N) is 3. The predicted octanol–water partition coefficient (Wildman–Crippen LogP) is 2.21. The maximum absolute atomic E-state index is 11.8. The molecule has 1 saturated heterocycles. The molecule has 1 amide bonds. The van der Waals surface area contributed by atoms with Crippen molar-refractivity contribution >= 4 is 22.5 Å². The number of amides is 1. The van der Waals surface area contributed by atoms with Crippen molar-refractivity contribution < 1.29 is 14.6 Å². The predicted molar refractivity (Wildman–Crippen MR) is 81.4 cm³/mol. The number of ether oxygens (including phenoxy) is 1. The van der Waals surface area contributed by atoms with Crippen LogP contribution in [0.15, 0.2) is 34.5 Å². The number of aromatic nitrogens is 1. The van der Waals surface area contributed by atoms with Crippen LogP contribution in [0.2, 0.25) is 0 Å². The third kappa shape index (κ3) is 3.32. The molecule has 0 aliphatic carbocycles. The van der Waals surface area contributed by atoms with Crippen molar-refractivity contribution in [2.24, 2.45) is 10.2 Å². The van der Waals surface area contributed by atoms with Gasteiger partial charge in [-0.05, 0) is 6.07 Å². The highest BCUT2D eigenvalue weighted by atomic mass is 16.5. The first-order chi connectivity index (χ1) is 10.7. The lowest BCUT2D eigenvalue weighted by Gasteiger charge is -2.25. The van der Waals surface area contributed by atoms with Gasteiger partial charge in [0, 0.05) is 31.4 Å². The van der Waals surface area contributed by atoms with Crippen LogP contribution in [0, 0.1) is 0 Å². The van der Waals surface area contributed by atoms with Gasteiger partial charge in [-0.25, -0.2) is 0 Å². The molecule has 7 heteroatoms. The number of carbonyl (C=O) groups is 1. The van der Waals surface area contributed by atoms with E-state index in [1.165, 1.54) is 0 Å². The van der Waals surface area contributed by atoms with Gasteiger partial charge in [0.05, 0.1) is 18.7 Å². The van der Waals surface area contributed by atoms with Crippen molar-refractivity contribution in [1.82, 2.24) is 9.88 Å². The lowest BCUT2D eigenvalue weighted by molar-refractivity contribution is -0.118. The van der Waals surface area contributed by atoms with E-state index in [-0.39, 0.29) is 11.8 Å². The molecule has 1 aliphatic heterocycles. The molecule has 0 atom stereocenters. The zero-order chi connectivity index (χ0) is 15.4. The molecule has 2 heterocycles. The van der Waals surface area contributed by atoms with Crippen molar-refractivity contribution in [3.8, 4) is 5.88 Å². The zero-order valence-corrected chi connectivity index (χ0v) is 12.2. The van der Waals surface area contributed by atoms with Crippen molar-refractivity contribution in [3.63, 3.8) is 0 Å². The van der Waals surface area contributed by atoms with E-state index in [9.17, 15) is 9.90 Å². The highest BCUT2D eigenvalue weighted by Crippen LogP contribution is 2.35. The quantitative estimate of drug-likeness (QED) is 0.847. The van der Waals surface area contributed by atoms with Gasteiger partial charge in [-0.2, -0.15) is 0 Å². The van der Waals surface area contributed by atoms with Gasteiger partial charge in [-0.3, -0.25) is 9.69 Å². The summed E-state index contributed by atoms with van der Waals surface area (Å²) in [4.78, 5) is 16.8. The van der Waals surface area contributed by atoms with E-state index in [4.69, 9.17) is 4.74 Å². The van der Waals surface area contributed by atoms with Crippen LogP contribution in [0.25, 0.3) is 10.9 Å². The average molecular weight is 302 g/mol. The lowest BCUT2D eigenvalue weighted by Crippen LogP contribution is -2.37. The molecule has 0 spiro atoms. The third-order valence-corrected chi connectivity index (χ3v) is 3.67. The smallest absolute Gasteiger partial charge is 0.266 e. The first-order valence-corrected chi connectivity index (χ1v) is 7.28. The molecular weight excluding hydrogens is 284 g/mol. The highest BCUT2D eigenvalue weighted by molar-refractivity contribution is 5.94. The zero-order valence-electron chi connectivity index (χ0n) is 12.2. The van der Waals surface area contributed by atoms with Gasteiger partial charge < -0.3 is 14.8 Å². The van der Waals surface area contributed by atoms with E-state index in [0.717, 1.165) is 24.0 Å². The molecule has 1 aliphatic rings. The topological polar surface area (TPSA) is 90.3 Å². The monoisotopic (exact) mass is 302 g/mol. The summed E-state index contributed by atoms with van der Waals surface area (Å²) < 4.78 is 5.26. The molecular formula is C15H18N4O3. The van der Waals surface area contributed by atoms with Gasteiger partial charge in [0.15, 0.2) is 5.69 Å². The number of hydrogen-bond donors (Lipinski definition) is 2. The molecule has 0 saturated carbocycles. The minimum Gasteiger partial charge on any atom is -0.493 e. The van der Waals surface area contributed by atoms with Gasteiger partial charge in [-0.1, -0.05) is 18.2 Å². The van der Waals surface area contributed by atoms with Crippen molar-refractivity contribution in [2.75, 3.05) is 32.8 Å². The molecule has 1 fully saturated rings. The molecule has 2 aromatic rings. The molecule has 0 radical (unpaired) electrons. The van der Waals surface area contributed by atoms with Crippen LogP contribution in [-0.4, -0.2) is 53.7 Å². The number of H-pyrrole nitrogens is 1. The van der Waals surface area contributed by atoms with Crippen LogP contribution in [0.1, 0.15) is 6.42 Å².